The summed E-state index contributed by atoms with van der Waals surface area (Å²) in [6, 6.07) is 13.3. The van der Waals surface area contributed by atoms with Crippen molar-refractivity contribution in [3.63, 3.8) is 0 Å². The van der Waals surface area contributed by atoms with Crippen molar-refractivity contribution in [2.24, 2.45) is 0 Å². The number of carbonyl (C=O) groups excluding carboxylic acids is 1. The Bertz CT molecular complexity index is 488. The second kappa shape index (κ2) is 5.34. The van der Waals surface area contributed by atoms with E-state index in [-0.39, 0.29) is 5.97 Å². The molecule has 1 heterocycles. The van der Waals surface area contributed by atoms with Crippen molar-refractivity contribution in [3.8, 4) is 0 Å². The normalized spacial score (nSPS) is 10.2. The number of carbonyl (C=O) groups is 1. The van der Waals surface area contributed by atoms with Crippen LogP contribution in [0.4, 0.5) is 0 Å². The fraction of sp³-hybridized carbons (Fsp3) is 0.214. The maximum absolute atomic E-state index is 11.8. The first kappa shape index (κ1) is 11.5. The Balaban J connectivity index is 1.98. The summed E-state index contributed by atoms with van der Waals surface area (Å²) in [5, 5.41) is 0. The molecule has 2 rings (SSSR count). The van der Waals surface area contributed by atoms with Crippen molar-refractivity contribution in [2.75, 3.05) is 0 Å². The van der Waals surface area contributed by atoms with Gasteiger partial charge in [-0.25, -0.2) is 4.79 Å². The monoisotopic (exact) mass is 229 g/mol. The molecule has 0 aliphatic heterocycles. The fourth-order valence-corrected chi connectivity index (χ4v) is 1.67. The maximum atomic E-state index is 11.8. The summed E-state index contributed by atoms with van der Waals surface area (Å²) in [5.41, 5.74) is 1.60. The lowest BCUT2D eigenvalue weighted by Gasteiger charge is -2.07. The molecule has 0 fully saturated rings. The van der Waals surface area contributed by atoms with Gasteiger partial charge < -0.3 is 9.30 Å². The zero-order chi connectivity index (χ0) is 12.1. The van der Waals surface area contributed by atoms with Crippen molar-refractivity contribution in [1.29, 1.82) is 0 Å². The Hall–Kier alpha value is -2.03. The van der Waals surface area contributed by atoms with Crippen LogP contribution in [0.1, 0.15) is 23.0 Å². The van der Waals surface area contributed by atoms with Crippen LogP contribution < -0.4 is 0 Å². The number of rotatable bonds is 4. The minimum Gasteiger partial charge on any atom is -0.456 e. The molecule has 1 aromatic heterocycles. The van der Waals surface area contributed by atoms with Crippen LogP contribution in [0.5, 0.6) is 0 Å². The van der Waals surface area contributed by atoms with Crippen LogP contribution in [0.2, 0.25) is 0 Å². The molecule has 0 bridgehead atoms. The number of ether oxygens (including phenoxy) is 1. The lowest BCUT2D eigenvalue weighted by atomic mass is 10.2. The largest absolute Gasteiger partial charge is 0.456 e. The number of nitrogens with zero attached hydrogens (tertiary/aromatic N) is 1. The van der Waals surface area contributed by atoms with Crippen LogP contribution in [0.15, 0.2) is 48.7 Å². The van der Waals surface area contributed by atoms with Gasteiger partial charge in [0.25, 0.3) is 0 Å². The van der Waals surface area contributed by atoms with Gasteiger partial charge in [0.05, 0.1) is 0 Å². The molecule has 0 radical (unpaired) electrons. The molecular formula is C14H15NO2. The van der Waals surface area contributed by atoms with E-state index in [1.54, 1.807) is 6.07 Å². The molecule has 17 heavy (non-hydrogen) atoms. The second-order valence-electron chi connectivity index (χ2n) is 3.74. The highest BCUT2D eigenvalue weighted by molar-refractivity contribution is 5.87. The summed E-state index contributed by atoms with van der Waals surface area (Å²) >= 11 is 0. The first-order chi connectivity index (χ1) is 8.31. The summed E-state index contributed by atoms with van der Waals surface area (Å²) in [5.74, 6) is -0.277. The predicted molar refractivity (Wildman–Crippen MR) is 65.7 cm³/mol. The number of benzene rings is 1. The van der Waals surface area contributed by atoms with Gasteiger partial charge in [0.15, 0.2) is 0 Å². The first-order valence-electron chi connectivity index (χ1n) is 5.67. The fourth-order valence-electron chi connectivity index (χ4n) is 1.67. The molecule has 3 heteroatoms. The van der Waals surface area contributed by atoms with Crippen LogP contribution in [0, 0.1) is 0 Å². The van der Waals surface area contributed by atoms with Gasteiger partial charge in [0.2, 0.25) is 0 Å². The molecule has 0 spiro atoms. The maximum Gasteiger partial charge on any atom is 0.355 e. The average Bonchev–Trinajstić information content (AvgIpc) is 2.85. The van der Waals surface area contributed by atoms with Gasteiger partial charge in [0, 0.05) is 12.7 Å². The molecule has 0 saturated heterocycles. The van der Waals surface area contributed by atoms with E-state index in [2.05, 4.69) is 0 Å². The van der Waals surface area contributed by atoms with Crippen LogP contribution >= 0.6 is 0 Å². The topological polar surface area (TPSA) is 31.2 Å². The number of hydrogen-bond acceptors (Lipinski definition) is 2. The zero-order valence-corrected chi connectivity index (χ0v) is 9.80. The molecule has 1 aromatic carbocycles. The van der Waals surface area contributed by atoms with Gasteiger partial charge in [-0.3, -0.25) is 0 Å². The molecule has 0 atom stereocenters. The molecule has 0 aliphatic rings. The molecule has 3 nitrogen and oxygen atoms in total. The highest BCUT2D eigenvalue weighted by Gasteiger charge is 2.11. The Morgan fingerprint density at radius 2 is 1.94 bits per heavy atom. The zero-order valence-electron chi connectivity index (χ0n) is 9.80. The molecule has 0 amide bonds. The number of aromatic nitrogens is 1. The van der Waals surface area contributed by atoms with E-state index >= 15 is 0 Å². The summed E-state index contributed by atoms with van der Waals surface area (Å²) in [6.07, 6.45) is 1.87. The van der Waals surface area contributed by atoms with Gasteiger partial charge in [-0.15, -0.1) is 0 Å². The van der Waals surface area contributed by atoms with Crippen LogP contribution in [0.3, 0.4) is 0 Å². The van der Waals surface area contributed by atoms with Crippen molar-refractivity contribution in [1.82, 2.24) is 4.57 Å². The molecule has 0 N–H and O–H groups in total. The molecule has 2 aromatic rings. The second-order valence-corrected chi connectivity index (χ2v) is 3.74. The van der Waals surface area contributed by atoms with Crippen molar-refractivity contribution < 1.29 is 9.53 Å². The lowest BCUT2D eigenvalue weighted by Crippen LogP contribution is -2.11. The number of aryl methyl sites for hydroxylation is 1. The van der Waals surface area contributed by atoms with Crippen molar-refractivity contribution in [2.45, 2.75) is 20.1 Å². The third-order valence-electron chi connectivity index (χ3n) is 2.59. The van der Waals surface area contributed by atoms with E-state index in [0.717, 1.165) is 12.1 Å². The summed E-state index contributed by atoms with van der Waals surface area (Å²) in [6.45, 7) is 3.07. The minimum absolute atomic E-state index is 0.277. The first-order valence-corrected chi connectivity index (χ1v) is 5.67. The number of hydrogen-bond donors (Lipinski definition) is 0. The van der Waals surface area contributed by atoms with Crippen molar-refractivity contribution in [3.05, 3.63) is 59.9 Å². The van der Waals surface area contributed by atoms with Gasteiger partial charge in [-0.05, 0) is 24.6 Å². The van der Waals surface area contributed by atoms with Crippen LogP contribution in [-0.2, 0) is 17.9 Å². The third kappa shape index (κ3) is 2.75. The van der Waals surface area contributed by atoms with Gasteiger partial charge in [0.1, 0.15) is 12.3 Å². The Labute approximate surface area is 101 Å². The Kier molecular flexibility index (Phi) is 3.60. The SMILES string of the molecule is CCn1cccc1C(=O)OCc1ccccc1. The summed E-state index contributed by atoms with van der Waals surface area (Å²) in [4.78, 5) is 11.8. The van der Waals surface area contributed by atoms with Gasteiger partial charge >= 0.3 is 5.97 Å². The van der Waals surface area contributed by atoms with E-state index in [1.807, 2.05) is 54.1 Å². The number of esters is 1. The van der Waals surface area contributed by atoms with Gasteiger partial charge in [-0.1, -0.05) is 30.3 Å². The summed E-state index contributed by atoms with van der Waals surface area (Å²) < 4.78 is 7.12. The average molecular weight is 229 g/mol. The standard InChI is InChI=1S/C14H15NO2/c1-2-15-10-6-9-13(15)14(16)17-11-12-7-4-3-5-8-12/h3-10H,2,11H2,1H3. The minimum atomic E-state index is -0.277. The van der Waals surface area contributed by atoms with E-state index < -0.39 is 0 Å². The third-order valence-corrected chi connectivity index (χ3v) is 2.59. The highest BCUT2D eigenvalue weighted by atomic mass is 16.5. The Morgan fingerprint density at radius 1 is 1.18 bits per heavy atom. The van der Waals surface area contributed by atoms with E-state index in [1.165, 1.54) is 0 Å². The lowest BCUT2D eigenvalue weighted by molar-refractivity contribution is 0.0460. The quantitative estimate of drug-likeness (QED) is 0.755. The molecule has 0 aliphatic carbocycles. The van der Waals surface area contributed by atoms with Gasteiger partial charge in [-0.2, -0.15) is 0 Å². The molecule has 88 valence electrons. The smallest absolute Gasteiger partial charge is 0.355 e. The van der Waals surface area contributed by atoms with E-state index in [0.29, 0.717) is 12.3 Å². The van der Waals surface area contributed by atoms with E-state index in [4.69, 9.17) is 4.74 Å². The van der Waals surface area contributed by atoms with E-state index in [9.17, 15) is 4.79 Å². The van der Waals surface area contributed by atoms with Crippen molar-refractivity contribution >= 4 is 5.97 Å². The highest BCUT2D eigenvalue weighted by Crippen LogP contribution is 2.07. The summed E-state index contributed by atoms with van der Waals surface area (Å²) in [7, 11) is 0. The van der Waals surface area contributed by atoms with Crippen LogP contribution in [0.25, 0.3) is 0 Å². The molecular weight excluding hydrogens is 214 g/mol. The molecule has 0 unspecified atom stereocenters. The van der Waals surface area contributed by atoms with Crippen LogP contribution in [-0.4, -0.2) is 10.5 Å². The predicted octanol–water partition coefficient (Wildman–Crippen LogP) is 2.87. The Morgan fingerprint density at radius 3 is 2.65 bits per heavy atom. The molecule has 0 saturated carbocycles.